The molecule has 0 aromatic carbocycles. The van der Waals surface area contributed by atoms with E-state index in [-0.39, 0.29) is 24.3 Å². The lowest BCUT2D eigenvalue weighted by Crippen LogP contribution is -2.50. The highest BCUT2D eigenvalue weighted by molar-refractivity contribution is 5.91. The molecule has 3 heterocycles. The van der Waals surface area contributed by atoms with Crippen LogP contribution < -0.4 is 0 Å². The van der Waals surface area contributed by atoms with Crippen LogP contribution in [-0.4, -0.2) is 63.1 Å². The topological polar surface area (TPSA) is 126 Å². The third-order valence-electron chi connectivity index (χ3n) is 6.80. The van der Waals surface area contributed by atoms with Gasteiger partial charge >= 0.3 is 11.9 Å². The molecule has 1 saturated carbocycles. The minimum Gasteiger partial charge on any atom is -0.459 e. The fraction of sp³-hybridized carbons (Fsp3) is 0.789. The maximum absolute atomic E-state index is 12.1. The molecule has 4 rings (SSSR count). The van der Waals surface area contributed by atoms with Crippen molar-refractivity contribution in [2.24, 2.45) is 17.8 Å². The summed E-state index contributed by atoms with van der Waals surface area (Å²) in [5, 5.41) is 32.4. The molecule has 0 bridgehead atoms. The van der Waals surface area contributed by atoms with Crippen LogP contribution in [0.2, 0.25) is 0 Å². The number of hydrogen-bond acceptors (Lipinski definition) is 8. The molecule has 27 heavy (non-hydrogen) atoms. The van der Waals surface area contributed by atoms with Crippen molar-refractivity contribution in [3.05, 3.63) is 12.2 Å². The summed E-state index contributed by atoms with van der Waals surface area (Å²) < 4.78 is 16.2. The summed E-state index contributed by atoms with van der Waals surface area (Å²) in [5.41, 5.74) is -1.25. The normalized spacial score (nSPS) is 52.6. The lowest BCUT2D eigenvalue weighted by Gasteiger charge is -2.36. The molecule has 1 aliphatic carbocycles. The van der Waals surface area contributed by atoms with Crippen molar-refractivity contribution in [2.75, 3.05) is 0 Å². The van der Waals surface area contributed by atoms with E-state index in [1.54, 1.807) is 6.92 Å². The molecule has 0 aromatic rings. The third kappa shape index (κ3) is 2.90. The Hall–Kier alpha value is -1.48. The summed E-state index contributed by atoms with van der Waals surface area (Å²) in [6.07, 6.45) is -2.44. The highest BCUT2D eigenvalue weighted by atomic mass is 16.7. The van der Waals surface area contributed by atoms with Crippen LogP contribution in [0.15, 0.2) is 12.2 Å². The molecule has 3 saturated heterocycles. The van der Waals surface area contributed by atoms with E-state index in [9.17, 15) is 24.9 Å². The van der Waals surface area contributed by atoms with E-state index < -0.39 is 59.6 Å². The number of ether oxygens (including phenoxy) is 3. The van der Waals surface area contributed by atoms with Crippen LogP contribution in [-0.2, 0) is 23.8 Å². The van der Waals surface area contributed by atoms with Crippen molar-refractivity contribution < 1.29 is 39.1 Å². The Bertz CT molecular complexity index is 687. The van der Waals surface area contributed by atoms with E-state index in [1.165, 1.54) is 6.92 Å². The van der Waals surface area contributed by atoms with Crippen LogP contribution in [0.3, 0.4) is 0 Å². The van der Waals surface area contributed by atoms with Crippen LogP contribution in [0, 0.1) is 17.8 Å². The minimum atomic E-state index is -1.52. The average molecular weight is 382 g/mol. The maximum atomic E-state index is 12.1. The van der Waals surface area contributed by atoms with Gasteiger partial charge in [-0.1, -0.05) is 13.5 Å². The molecule has 150 valence electrons. The van der Waals surface area contributed by atoms with Gasteiger partial charge in [0.2, 0.25) is 0 Å². The molecule has 8 nitrogen and oxygen atoms in total. The number of epoxide rings is 1. The molecule has 8 heteroatoms. The van der Waals surface area contributed by atoms with Crippen LogP contribution in [0.25, 0.3) is 0 Å². The Morgan fingerprint density at radius 2 is 1.81 bits per heavy atom. The highest BCUT2D eigenvalue weighted by Crippen LogP contribution is 2.50. The zero-order valence-corrected chi connectivity index (χ0v) is 15.5. The highest BCUT2D eigenvalue weighted by Gasteiger charge is 2.65. The number of fused-ring (bicyclic) bond motifs is 4. The second-order valence-electron chi connectivity index (χ2n) is 8.62. The van der Waals surface area contributed by atoms with Gasteiger partial charge < -0.3 is 29.5 Å². The summed E-state index contributed by atoms with van der Waals surface area (Å²) in [6, 6.07) is 0. The van der Waals surface area contributed by atoms with Crippen molar-refractivity contribution in [3.8, 4) is 0 Å². The van der Waals surface area contributed by atoms with E-state index in [0.717, 1.165) is 0 Å². The zero-order chi connectivity index (χ0) is 19.7. The smallest absolute Gasteiger partial charge is 0.334 e. The first-order chi connectivity index (χ1) is 12.5. The van der Waals surface area contributed by atoms with Gasteiger partial charge in [-0.3, -0.25) is 4.79 Å². The molecule has 9 atom stereocenters. The zero-order valence-electron chi connectivity index (χ0n) is 15.5. The molecule has 4 fully saturated rings. The minimum absolute atomic E-state index is 0.144. The SMILES string of the molecule is C=C1C(=O)O[C@H]2[C@@H]1CC[C@](C)(O)[C@H](O)[C@H]1OC(=O)[C@H](C)[C@H]1CC[C@@]1(O)O[C@H]21. The summed E-state index contributed by atoms with van der Waals surface area (Å²) >= 11 is 0. The quantitative estimate of drug-likeness (QED) is 0.304. The fourth-order valence-corrected chi connectivity index (χ4v) is 4.78. The van der Waals surface area contributed by atoms with Gasteiger partial charge in [0, 0.05) is 23.8 Å². The lowest BCUT2D eigenvalue weighted by atomic mass is 9.76. The number of rotatable bonds is 0. The van der Waals surface area contributed by atoms with Crippen molar-refractivity contribution in [1.82, 2.24) is 0 Å². The predicted octanol–water partition coefficient (Wildman–Crippen LogP) is 0.0352. The molecule has 0 amide bonds. The Balaban J connectivity index is 1.65. The standard InChI is InChI=1S/C19H26O8/c1-8-10-5-7-19(24)15(27-19)13-11(9(2)17(22)26-13)4-6-18(3,23)14(20)12(10)25-16(8)21/h8,10-15,20,23-24H,2,4-7H2,1,3H3/t8-,10-,11-,12+,13+,14-,15-,18+,19-/m1/s1. The van der Waals surface area contributed by atoms with Gasteiger partial charge in [-0.05, 0) is 26.2 Å². The number of aliphatic hydroxyl groups excluding tert-OH is 1. The largest absolute Gasteiger partial charge is 0.459 e. The lowest BCUT2D eigenvalue weighted by molar-refractivity contribution is -0.161. The molecule has 3 N–H and O–H groups in total. The van der Waals surface area contributed by atoms with Gasteiger partial charge in [0.05, 0.1) is 11.5 Å². The molecular formula is C19H26O8. The molecule has 0 radical (unpaired) electrons. The molecule has 3 aliphatic heterocycles. The van der Waals surface area contributed by atoms with Gasteiger partial charge in [-0.25, -0.2) is 4.79 Å². The number of carbonyl (C=O) groups excluding carboxylic acids is 2. The van der Waals surface area contributed by atoms with E-state index in [1.807, 2.05) is 0 Å². The summed E-state index contributed by atoms with van der Waals surface area (Å²) in [5.74, 6) is -3.62. The Morgan fingerprint density at radius 3 is 2.52 bits per heavy atom. The Morgan fingerprint density at radius 1 is 1.11 bits per heavy atom. The predicted molar refractivity (Wildman–Crippen MR) is 90.0 cm³/mol. The first-order valence-corrected chi connectivity index (χ1v) is 9.46. The Kier molecular flexibility index (Phi) is 4.20. The second kappa shape index (κ2) is 6.01. The van der Waals surface area contributed by atoms with Crippen molar-refractivity contribution in [1.29, 1.82) is 0 Å². The summed E-state index contributed by atoms with van der Waals surface area (Å²) in [6.45, 7) is 6.99. The maximum Gasteiger partial charge on any atom is 0.334 e. The molecule has 0 unspecified atom stereocenters. The first-order valence-electron chi connectivity index (χ1n) is 9.46. The first kappa shape index (κ1) is 18.9. The second-order valence-corrected chi connectivity index (χ2v) is 8.62. The van der Waals surface area contributed by atoms with Crippen molar-refractivity contribution >= 4 is 11.9 Å². The fourth-order valence-electron chi connectivity index (χ4n) is 4.78. The monoisotopic (exact) mass is 382 g/mol. The van der Waals surface area contributed by atoms with E-state index in [4.69, 9.17) is 14.2 Å². The van der Waals surface area contributed by atoms with Gasteiger partial charge in [-0.2, -0.15) is 0 Å². The van der Waals surface area contributed by atoms with E-state index in [0.29, 0.717) is 12.8 Å². The van der Waals surface area contributed by atoms with E-state index >= 15 is 0 Å². The molecule has 0 spiro atoms. The van der Waals surface area contributed by atoms with Crippen LogP contribution in [0.4, 0.5) is 0 Å². The van der Waals surface area contributed by atoms with Gasteiger partial charge in [0.15, 0.2) is 11.9 Å². The van der Waals surface area contributed by atoms with Gasteiger partial charge in [-0.15, -0.1) is 0 Å². The summed E-state index contributed by atoms with van der Waals surface area (Å²) in [7, 11) is 0. The van der Waals surface area contributed by atoms with Gasteiger partial charge in [0.1, 0.15) is 18.3 Å². The number of hydrogen-bond donors (Lipinski definition) is 3. The summed E-state index contributed by atoms with van der Waals surface area (Å²) in [4.78, 5) is 24.0. The van der Waals surface area contributed by atoms with Crippen LogP contribution >= 0.6 is 0 Å². The number of aliphatic hydroxyl groups is 3. The molecular weight excluding hydrogens is 356 g/mol. The van der Waals surface area contributed by atoms with E-state index in [2.05, 4.69) is 6.58 Å². The van der Waals surface area contributed by atoms with Crippen molar-refractivity contribution in [2.45, 2.75) is 75.3 Å². The Labute approximate surface area is 157 Å². The third-order valence-corrected chi connectivity index (χ3v) is 6.80. The average Bonchev–Trinajstić information content (AvgIpc) is 3.08. The number of carbonyl (C=O) groups is 2. The van der Waals surface area contributed by atoms with Crippen molar-refractivity contribution in [3.63, 3.8) is 0 Å². The number of esters is 2. The van der Waals surface area contributed by atoms with Gasteiger partial charge in [0.25, 0.3) is 0 Å². The molecule has 4 aliphatic rings. The van der Waals surface area contributed by atoms with Crippen LogP contribution in [0.5, 0.6) is 0 Å². The van der Waals surface area contributed by atoms with Crippen LogP contribution in [0.1, 0.15) is 39.5 Å². The molecule has 0 aromatic heterocycles.